The molecule has 2 aromatic heterocycles. The van der Waals surface area contributed by atoms with Gasteiger partial charge >= 0.3 is 5.69 Å². The van der Waals surface area contributed by atoms with Crippen molar-refractivity contribution in [3.8, 4) is 5.75 Å². The minimum Gasteiger partial charge on any atom is -0.495 e. The molecule has 0 bridgehead atoms. The first-order chi connectivity index (χ1) is 16.0. The number of aryl methyl sites for hydroxylation is 1. The minimum absolute atomic E-state index is 0.0613. The van der Waals surface area contributed by atoms with E-state index in [0.29, 0.717) is 34.1 Å². The number of hydrogen-bond acceptors (Lipinski definition) is 7. The predicted octanol–water partition coefficient (Wildman–Crippen LogP) is 2.09. The largest absolute Gasteiger partial charge is 0.495 e. The Bertz CT molecular complexity index is 1240. The van der Waals surface area contributed by atoms with Gasteiger partial charge in [0, 0.05) is 31.2 Å². The molecule has 10 nitrogen and oxygen atoms in total. The van der Waals surface area contributed by atoms with Gasteiger partial charge in [-0.05, 0) is 44.0 Å². The van der Waals surface area contributed by atoms with E-state index in [1.165, 1.54) is 0 Å². The first-order valence-electron chi connectivity index (χ1n) is 11.5. The number of benzene rings is 1. The summed E-state index contributed by atoms with van der Waals surface area (Å²) in [4.78, 5) is 34.5. The molecular weight excluding hydrogens is 422 g/mol. The van der Waals surface area contributed by atoms with Gasteiger partial charge in [0.15, 0.2) is 5.65 Å². The number of carbonyl (C=O) groups excluding carboxylic acids is 1. The van der Waals surface area contributed by atoms with Gasteiger partial charge in [-0.15, -0.1) is 0 Å². The van der Waals surface area contributed by atoms with Crippen molar-refractivity contribution in [2.75, 3.05) is 25.5 Å². The molecule has 174 valence electrons. The van der Waals surface area contributed by atoms with Crippen LogP contribution in [0.5, 0.6) is 5.75 Å². The van der Waals surface area contributed by atoms with E-state index < -0.39 is 0 Å². The van der Waals surface area contributed by atoms with Gasteiger partial charge in [0.05, 0.1) is 19.0 Å². The standard InChI is InChI=1S/C23H29N7O3/c1-29-18-13-25-22(28-20(18)30(23(29)32)16-5-3-4-6-16)27-17-8-7-14(11-19(17)33-2)21(31)26-15-9-10-24-12-15/h7-8,11,13,15-16,24H,3-6,9-10,12H2,1-2H3,(H,26,31)(H,25,27,28)/t15-/m1/s1. The molecule has 0 spiro atoms. The number of nitrogens with zero attached hydrogens (tertiary/aromatic N) is 4. The van der Waals surface area contributed by atoms with Crippen LogP contribution in [0.25, 0.3) is 11.2 Å². The van der Waals surface area contributed by atoms with Crippen molar-refractivity contribution < 1.29 is 9.53 Å². The molecular formula is C23H29N7O3. The number of rotatable bonds is 6. The second-order valence-electron chi connectivity index (χ2n) is 8.76. The fraction of sp³-hybridized carbons (Fsp3) is 0.478. The number of hydrogen-bond donors (Lipinski definition) is 3. The van der Waals surface area contributed by atoms with Gasteiger partial charge in [-0.2, -0.15) is 4.98 Å². The number of methoxy groups -OCH3 is 1. The maximum absolute atomic E-state index is 12.8. The summed E-state index contributed by atoms with van der Waals surface area (Å²) in [6.45, 7) is 1.70. The SMILES string of the molecule is COc1cc(C(=O)N[C@@H]2CCNC2)ccc1Nc1ncc2c(n1)n(C1CCCC1)c(=O)n2C. The Hall–Kier alpha value is -3.40. The minimum atomic E-state index is -0.129. The second kappa shape index (κ2) is 8.86. The van der Waals surface area contributed by atoms with Crippen LogP contribution in [0, 0.1) is 0 Å². The zero-order valence-electron chi connectivity index (χ0n) is 18.9. The van der Waals surface area contributed by atoms with Crippen LogP contribution < -0.4 is 26.4 Å². The van der Waals surface area contributed by atoms with Crippen molar-refractivity contribution in [1.29, 1.82) is 0 Å². The van der Waals surface area contributed by atoms with Gasteiger partial charge in [0.1, 0.15) is 11.3 Å². The van der Waals surface area contributed by atoms with E-state index in [1.807, 2.05) is 0 Å². The van der Waals surface area contributed by atoms with Gasteiger partial charge in [-0.1, -0.05) is 12.8 Å². The summed E-state index contributed by atoms with van der Waals surface area (Å²) in [6.07, 6.45) is 6.81. The Morgan fingerprint density at radius 3 is 2.79 bits per heavy atom. The molecule has 3 aromatic rings. The van der Waals surface area contributed by atoms with E-state index in [2.05, 4.69) is 25.9 Å². The molecule has 1 aromatic carbocycles. The molecule has 5 rings (SSSR count). The van der Waals surface area contributed by atoms with Crippen LogP contribution in [-0.4, -0.2) is 51.3 Å². The zero-order chi connectivity index (χ0) is 22.9. The first-order valence-corrected chi connectivity index (χ1v) is 11.5. The topological polar surface area (TPSA) is 115 Å². The highest BCUT2D eigenvalue weighted by molar-refractivity contribution is 5.95. The third kappa shape index (κ3) is 4.06. The summed E-state index contributed by atoms with van der Waals surface area (Å²) in [5.74, 6) is 0.751. The van der Waals surface area contributed by atoms with Gasteiger partial charge in [0.2, 0.25) is 5.95 Å². The number of amides is 1. The highest BCUT2D eigenvalue weighted by atomic mass is 16.5. The molecule has 0 unspecified atom stereocenters. The Morgan fingerprint density at radius 2 is 2.06 bits per heavy atom. The summed E-state index contributed by atoms with van der Waals surface area (Å²) in [5.41, 5.74) is 2.44. The van der Waals surface area contributed by atoms with Crippen LogP contribution in [-0.2, 0) is 7.05 Å². The zero-order valence-corrected chi connectivity index (χ0v) is 18.9. The van der Waals surface area contributed by atoms with Gasteiger partial charge in [0.25, 0.3) is 5.91 Å². The van der Waals surface area contributed by atoms with Crippen LogP contribution in [0.3, 0.4) is 0 Å². The van der Waals surface area contributed by atoms with Crippen molar-refractivity contribution in [3.63, 3.8) is 0 Å². The number of ether oxygens (including phenoxy) is 1. The molecule has 2 aliphatic rings. The lowest BCUT2D eigenvalue weighted by atomic mass is 10.1. The molecule has 2 fully saturated rings. The van der Waals surface area contributed by atoms with E-state index in [0.717, 1.165) is 45.2 Å². The molecule has 1 saturated heterocycles. The predicted molar refractivity (Wildman–Crippen MR) is 125 cm³/mol. The van der Waals surface area contributed by atoms with Gasteiger partial charge < -0.3 is 20.7 Å². The average Bonchev–Trinajstić information content (AvgIpc) is 3.57. The summed E-state index contributed by atoms with van der Waals surface area (Å²) < 4.78 is 8.93. The van der Waals surface area contributed by atoms with E-state index in [1.54, 1.807) is 47.7 Å². The Labute approximate surface area is 191 Å². The number of aromatic nitrogens is 4. The van der Waals surface area contributed by atoms with E-state index in [-0.39, 0.29) is 23.7 Å². The summed E-state index contributed by atoms with van der Waals surface area (Å²) in [5, 5.41) is 9.47. The molecule has 1 atom stereocenters. The number of anilines is 2. The smallest absolute Gasteiger partial charge is 0.330 e. The Morgan fingerprint density at radius 1 is 1.24 bits per heavy atom. The molecule has 1 aliphatic heterocycles. The lowest BCUT2D eigenvalue weighted by Crippen LogP contribution is -2.36. The Kier molecular flexibility index (Phi) is 5.76. The van der Waals surface area contributed by atoms with Crippen molar-refractivity contribution in [2.45, 2.75) is 44.2 Å². The van der Waals surface area contributed by atoms with E-state index in [9.17, 15) is 9.59 Å². The van der Waals surface area contributed by atoms with Crippen molar-refractivity contribution in [2.24, 2.45) is 7.05 Å². The van der Waals surface area contributed by atoms with Gasteiger partial charge in [-0.3, -0.25) is 13.9 Å². The molecule has 1 aliphatic carbocycles. The van der Waals surface area contributed by atoms with Crippen LogP contribution in [0.4, 0.5) is 11.6 Å². The molecule has 1 amide bonds. The highest BCUT2D eigenvalue weighted by Gasteiger charge is 2.24. The Balaban J connectivity index is 1.42. The third-order valence-corrected chi connectivity index (χ3v) is 6.63. The van der Waals surface area contributed by atoms with Crippen molar-refractivity contribution >= 4 is 28.7 Å². The quantitative estimate of drug-likeness (QED) is 0.526. The maximum atomic E-state index is 12.8. The highest BCUT2D eigenvalue weighted by Crippen LogP contribution is 2.32. The van der Waals surface area contributed by atoms with Crippen molar-refractivity contribution in [3.05, 3.63) is 40.4 Å². The van der Waals surface area contributed by atoms with E-state index >= 15 is 0 Å². The second-order valence-corrected chi connectivity index (χ2v) is 8.76. The molecule has 0 radical (unpaired) electrons. The van der Waals surface area contributed by atoms with Crippen molar-refractivity contribution in [1.82, 2.24) is 29.7 Å². The van der Waals surface area contributed by atoms with Crippen LogP contribution in [0.1, 0.15) is 48.5 Å². The normalized spacial score (nSPS) is 18.7. The lowest BCUT2D eigenvalue weighted by Gasteiger charge is -2.14. The van der Waals surface area contributed by atoms with Crippen LogP contribution in [0.2, 0.25) is 0 Å². The average molecular weight is 452 g/mol. The monoisotopic (exact) mass is 451 g/mol. The third-order valence-electron chi connectivity index (χ3n) is 6.63. The summed E-state index contributed by atoms with van der Waals surface area (Å²) >= 11 is 0. The number of carbonyl (C=O) groups is 1. The molecule has 10 heteroatoms. The van der Waals surface area contributed by atoms with Crippen LogP contribution >= 0.6 is 0 Å². The van der Waals surface area contributed by atoms with E-state index in [4.69, 9.17) is 4.74 Å². The molecule has 3 N–H and O–H groups in total. The maximum Gasteiger partial charge on any atom is 0.330 e. The lowest BCUT2D eigenvalue weighted by molar-refractivity contribution is 0.0939. The molecule has 3 heterocycles. The molecule has 33 heavy (non-hydrogen) atoms. The first kappa shape index (κ1) is 21.4. The summed E-state index contributed by atoms with van der Waals surface area (Å²) in [7, 11) is 3.31. The number of nitrogens with one attached hydrogen (secondary N) is 3. The number of imidazole rings is 1. The van der Waals surface area contributed by atoms with Gasteiger partial charge in [-0.25, -0.2) is 9.78 Å². The summed E-state index contributed by atoms with van der Waals surface area (Å²) in [6, 6.07) is 5.55. The molecule has 1 saturated carbocycles. The fourth-order valence-corrected chi connectivity index (χ4v) is 4.79. The fourth-order valence-electron chi connectivity index (χ4n) is 4.79. The van der Waals surface area contributed by atoms with Crippen LogP contribution in [0.15, 0.2) is 29.2 Å². The number of fused-ring (bicyclic) bond motifs is 1.